The molecule has 0 aromatic heterocycles. The molecule has 1 saturated heterocycles. The van der Waals surface area contributed by atoms with Crippen molar-refractivity contribution in [2.75, 3.05) is 7.11 Å². The average Bonchev–Trinajstić information content (AvgIpc) is 3.24. The molecule has 0 spiro atoms. The van der Waals surface area contributed by atoms with Crippen LogP contribution in [0.5, 0.6) is 5.75 Å². The first-order chi connectivity index (χ1) is 11.0. The van der Waals surface area contributed by atoms with Crippen molar-refractivity contribution >= 4 is 5.97 Å². The minimum Gasteiger partial charge on any atom is -0.497 e. The van der Waals surface area contributed by atoms with Crippen molar-refractivity contribution in [2.24, 2.45) is 5.73 Å². The minimum atomic E-state index is -1.35. The summed E-state index contributed by atoms with van der Waals surface area (Å²) in [5.41, 5.74) is 5.55. The van der Waals surface area contributed by atoms with Crippen molar-refractivity contribution in [3.63, 3.8) is 0 Å². The zero-order chi connectivity index (χ0) is 16.7. The monoisotopic (exact) mass is 313 g/mol. The maximum atomic E-state index is 11.7. The van der Waals surface area contributed by atoms with Gasteiger partial charge in [0.05, 0.1) is 13.2 Å². The summed E-state index contributed by atoms with van der Waals surface area (Å²) in [5.74, 6) is -0.308. The van der Waals surface area contributed by atoms with E-state index in [2.05, 4.69) is 0 Å². The molecule has 1 aliphatic rings. The highest BCUT2D eigenvalue weighted by molar-refractivity contribution is 5.83. The lowest BCUT2D eigenvalue weighted by Crippen LogP contribution is -2.38. The maximum Gasteiger partial charge on any atom is 0.339 e. The molecule has 0 saturated carbocycles. The summed E-state index contributed by atoms with van der Waals surface area (Å²) in [6.45, 7) is 1.56. The predicted octanol–water partition coefficient (Wildman–Crippen LogP) is 2.46. The van der Waals surface area contributed by atoms with Crippen LogP contribution in [0.3, 0.4) is 0 Å². The van der Waals surface area contributed by atoms with Crippen molar-refractivity contribution < 1.29 is 19.4 Å². The number of epoxide rings is 1. The van der Waals surface area contributed by atoms with Gasteiger partial charge in [0.25, 0.3) is 0 Å². The third-order valence-corrected chi connectivity index (χ3v) is 4.56. The molecule has 0 amide bonds. The van der Waals surface area contributed by atoms with Gasteiger partial charge in [-0.2, -0.15) is 0 Å². The first-order valence-electron chi connectivity index (χ1n) is 7.34. The molecule has 0 radical (unpaired) electrons. The molecule has 5 nitrogen and oxygen atoms in total. The van der Waals surface area contributed by atoms with Crippen LogP contribution in [0.2, 0.25) is 0 Å². The zero-order valence-electron chi connectivity index (χ0n) is 13.0. The Morgan fingerprint density at radius 3 is 2.26 bits per heavy atom. The van der Waals surface area contributed by atoms with Crippen LogP contribution in [-0.4, -0.2) is 23.8 Å². The number of hydrogen-bond acceptors (Lipinski definition) is 4. The standard InChI is InChI=1S/C18H19NO4/c1-17(16(20)21)18(23-17,13-6-4-3-5-7-13)15(19)12-8-10-14(22-2)11-9-12/h3-11,15H,19H2,1-2H3,(H,20,21)/t15-,17+,18-/m0/s1. The van der Waals surface area contributed by atoms with E-state index >= 15 is 0 Å². The first-order valence-corrected chi connectivity index (χ1v) is 7.34. The van der Waals surface area contributed by atoms with Crippen LogP contribution in [0, 0.1) is 0 Å². The predicted molar refractivity (Wildman–Crippen MR) is 85.2 cm³/mol. The summed E-state index contributed by atoms with van der Waals surface area (Å²) in [5, 5.41) is 9.59. The molecule has 120 valence electrons. The summed E-state index contributed by atoms with van der Waals surface area (Å²) in [7, 11) is 1.59. The topological polar surface area (TPSA) is 85.1 Å². The Kier molecular flexibility index (Phi) is 3.62. The molecule has 23 heavy (non-hydrogen) atoms. The van der Waals surface area contributed by atoms with Gasteiger partial charge in [-0.25, -0.2) is 4.79 Å². The van der Waals surface area contributed by atoms with E-state index in [1.165, 1.54) is 0 Å². The largest absolute Gasteiger partial charge is 0.497 e. The molecule has 2 aromatic carbocycles. The van der Waals surface area contributed by atoms with Gasteiger partial charge < -0.3 is 20.3 Å². The van der Waals surface area contributed by atoms with Gasteiger partial charge in [-0.3, -0.25) is 0 Å². The van der Waals surface area contributed by atoms with Crippen LogP contribution in [0.15, 0.2) is 54.6 Å². The quantitative estimate of drug-likeness (QED) is 0.828. The van der Waals surface area contributed by atoms with Gasteiger partial charge in [-0.15, -0.1) is 0 Å². The number of benzene rings is 2. The molecule has 1 fully saturated rings. The van der Waals surface area contributed by atoms with E-state index in [9.17, 15) is 9.90 Å². The van der Waals surface area contributed by atoms with E-state index in [1.54, 1.807) is 26.2 Å². The van der Waals surface area contributed by atoms with Gasteiger partial charge in [-0.1, -0.05) is 42.5 Å². The molecule has 1 heterocycles. The fourth-order valence-electron chi connectivity index (χ4n) is 3.10. The zero-order valence-corrected chi connectivity index (χ0v) is 13.0. The Labute approximate surface area is 134 Å². The average molecular weight is 313 g/mol. The number of hydrogen-bond donors (Lipinski definition) is 2. The van der Waals surface area contributed by atoms with E-state index in [1.807, 2.05) is 42.5 Å². The Bertz CT molecular complexity index is 716. The van der Waals surface area contributed by atoms with Gasteiger partial charge in [0.1, 0.15) is 5.75 Å². The Hall–Kier alpha value is -2.37. The van der Waals surface area contributed by atoms with Crippen molar-refractivity contribution in [3.05, 3.63) is 65.7 Å². The smallest absolute Gasteiger partial charge is 0.339 e. The van der Waals surface area contributed by atoms with Crippen molar-refractivity contribution in [3.8, 4) is 5.75 Å². The summed E-state index contributed by atoms with van der Waals surface area (Å²) in [4.78, 5) is 11.7. The number of carboxylic acid groups (broad SMARTS) is 1. The number of ether oxygens (including phenoxy) is 2. The second-order valence-electron chi connectivity index (χ2n) is 5.79. The number of nitrogens with two attached hydrogens (primary N) is 1. The highest BCUT2D eigenvalue weighted by Crippen LogP contribution is 2.61. The Balaban J connectivity index is 2.05. The van der Waals surface area contributed by atoms with Crippen LogP contribution in [0.1, 0.15) is 24.1 Å². The van der Waals surface area contributed by atoms with Crippen LogP contribution in [0.25, 0.3) is 0 Å². The molecule has 3 N–H and O–H groups in total. The van der Waals surface area contributed by atoms with Crippen LogP contribution < -0.4 is 10.5 Å². The van der Waals surface area contributed by atoms with E-state index < -0.39 is 23.2 Å². The van der Waals surface area contributed by atoms with Crippen molar-refractivity contribution in [1.29, 1.82) is 0 Å². The van der Waals surface area contributed by atoms with Gasteiger partial charge in [0, 0.05) is 0 Å². The molecule has 3 atom stereocenters. The SMILES string of the molecule is COc1ccc([C@H](N)[C@]2(c3ccccc3)O[C@]2(C)C(=O)O)cc1. The van der Waals surface area contributed by atoms with Gasteiger partial charge in [0.2, 0.25) is 0 Å². The number of rotatable bonds is 5. The molecule has 3 rings (SSSR count). The third kappa shape index (κ3) is 2.20. The second-order valence-corrected chi connectivity index (χ2v) is 5.79. The summed E-state index contributed by atoms with van der Waals surface area (Å²) < 4.78 is 10.9. The third-order valence-electron chi connectivity index (χ3n) is 4.56. The Morgan fingerprint density at radius 1 is 1.17 bits per heavy atom. The molecular formula is C18H19NO4. The molecule has 1 aliphatic heterocycles. The number of carbonyl (C=O) groups is 1. The fourth-order valence-corrected chi connectivity index (χ4v) is 3.10. The summed E-state index contributed by atoms with van der Waals surface area (Å²) >= 11 is 0. The lowest BCUT2D eigenvalue weighted by atomic mass is 9.79. The minimum absolute atomic E-state index is 0.614. The first kappa shape index (κ1) is 15.5. The summed E-state index contributed by atoms with van der Waals surface area (Å²) in [6.07, 6.45) is 0. The van der Waals surface area contributed by atoms with Crippen molar-refractivity contribution in [2.45, 2.75) is 24.2 Å². The van der Waals surface area contributed by atoms with Gasteiger partial charge in [-0.05, 0) is 30.2 Å². The molecule has 0 unspecified atom stereocenters. The van der Waals surface area contributed by atoms with Crippen LogP contribution >= 0.6 is 0 Å². The number of carboxylic acids is 1. The highest BCUT2D eigenvalue weighted by Gasteiger charge is 2.75. The number of methoxy groups -OCH3 is 1. The number of aliphatic carboxylic acids is 1. The van der Waals surface area contributed by atoms with E-state index in [4.69, 9.17) is 15.2 Å². The van der Waals surface area contributed by atoms with Crippen molar-refractivity contribution in [1.82, 2.24) is 0 Å². The van der Waals surface area contributed by atoms with Gasteiger partial charge >= 0.3 is 5.97 Å². The molecule has 2 aromatic rings. The van der Waals surface area contributed by atoms with E-state index in [0.717, 1.165) is 11.1 Å². The highest BCUT2D eigenvalue weighted by atomic mass is 16.7. The van der Waals surface area contributed by atoms with Crippen LogP contribution in [-0.2, 0) is 15.1 Å². The molecular weight excluding hydrogens is 294 g/mol. The second kappa shape index (κ2) is 5.37. The molecule has 0 bridgehead atoms. The van der Waals surface area contributed by atoms with E-state index in [0.29, 0.717) is 5.75 Å². The lowest BCUT2D eigenvalue weighted by Gasteiger charge is -2.23. The van der Waals surface area contributed by atoms with E-state index in [-0.39, 0.29) is 0 Å². The molecule has 5 heteroatoms. The van der Waals surface area contributed by atoms with Gasteiger partial charge in [0.15, 0.2) is 11.2 Å². The Morgan fingerprint density at radius 2 is 1.78 bits per heavy atom. The normalized spacial score (nSPS) is 27.3. The lowest BCUT2D eigenvalue weighted by molar-refractivity contribution is -0.142. The maximum absolute atomic E-state index is 11.7. The summed E-state index contributed by atoms with van der Waals surface area (Å²) in [6, 6.07) is 15.9. The molecule has 0 aliphatic carbocycles. The van der Waals surface area contributed by atoms with Crippen LogP contribution in [0.4, 0.5) is 0 Å². The fraction of sp³-hybridized carbons (Fsp3) is 0.278.